The van der Waals surface area contributed by atoms with Crippen molar-refractivity contribution < 1.29 is 13.2 Å². The normalized spacial score (nSPS) is 11.5. The first-order valence-electron chi connectivity index (χ1n) is 7.56. The van der Waals surface area contributed by atoms with Crippen LogP contribution >= 0.6 is 11.6 Å². The Bertz CT molecular complexity index is 843. The summed E-state index contributed by atoms with van der Waals surface area (Å²) < 4.78 is 22.9. The Morgan fingerprint density at radius 1 is 1.12 bits per heavy atom. The van der Waals surface area contributed by atoms with Crippen molar-refractivity contribution in [2.75, 3.05) is 11.6 Å². The van der Waals surface area contributed by atoms with Gasteiger partial charge in [-0.25, -0.2) is 8.42 Å². The van der Waals surface area contributed by atoms with Crippen LogP contribution in [-0.2, 0) is 16.3 Å². The van der Waals surface area contributed by atoms with Crippen LogP contribution in [0, 0.1) is 5.92 Å². The van der Waals surface area contributed by atoms with Crippen LogP contribution in [0.5, 0.6) is 0 Å². The van der Waals surface area contributed by atoms with Gasteiger partial charge in [0.15, 0.2) is 9.84 Å². The number of sulfone groups is 1. The first kappa shape index (κ1) is 18.5. The number of nitrogens with one attached hydrogen (secondary N) is 1. The highest BCUT2D eigenvalue weighted by molar-refractivity contribution is 7.90. The molecule has 2 rings (SSSR count). The van der Waals surface area contributed by atoms with Crippen molar-refractivity contribution in [2.24, 2.45) is 5.92 Å². The quantitative estimate of drug-likeness (QED) is 0.863. The van der Waals surface area contributed by atoms with Crippen LogP contribution in [0.3, 0.4) is 0 Å². The number of anilines is 1. The number of hydrogen-bond acceptors (Lipinski definition) is 3. The summed E-state index contributed by atoms with van der Waals surface area (Å²) in [5.41, 5.74) is 2.08. The lowest BCUT2D eigenvalue weighted by Gasteiger charge is -2.13. The molecule has 1 N–H and O–H groups in total. The van der Waals surface area contributed by atoms with Crippen LogP contribution in [0.1, 0.15) is 29.8 Å². The minimum Gasteiger partial charge on any atom is -0.322 e. The molecule has 128 valence electrons. The van der Waals surface area contributed by atoms with Crippen LogP contribution < -0.4 is 5.32 Å². The maximum atomic E-state index is 12.4. The molecule has 6 heteroatoms. The molecule has 0 spiro atoms. The van der Waals surface area contributed by atoms with Crippen molar-refractivity contribution in [1.82, 2.24) is 0 Å². The molecule has 0 fully saturated rings. The van der Waals surface area contributed by atoms with Crippen LogP contribution in [-0.4, -0.2) is 20.6 Å². The molecule has 1 amide bonds. The standard InChI is InChI=1S/C18H20ClNO3S/c1-12(2)10-14-11-15(19)6-9-17(14)20-18(21)13-4-7-16(8-5-13)24(3,22)23/h4-9,11-12H,10H2,1-3H3,(H,20,21). The van der Waals surface area contributed by atoms with Crippen molar-refractivity contribution in [2.45, 2.75) is 25.2 Å². The maximum Gasteiger partial charge on any atom is 0.255 e. The summed E-state index contributed by atoms with van der Waals surface area (Å²) in [4.78, 5) is 12.6. The minimum atomic E-state index is -3.28. The van der Waals surface area contributed by atoms with E-state index < -0.39 is 9.84 Å². The largest absolute Gasteiger partial charge is 0.322 e. The molecular weight excluding hydrogens is 346 g/mol. The number of carbonyl (C=O) groups excluding carboxylic acids is 1. The van der Waals surface area contributed by atoms with Gasteiger partial charge in [-0.3, -0.25) is 4.79 Å². The predicted octanol–water partition coefficient (Wildman–Crippen LogP) is 4.19. The van der Waals surface area contributed by atoms with Crippen molar-refractivity contribution in [1.29, 1.82) is 0 Å². The number of carbonyl (C=O) groups is 1. The molecule has 0 heterocycles. The molecule has 0 aliphatic carbocycles. The van der Waals surface area contributed by atoms with Gasteiger partial charge in [0.05, 0.1) is 4.90 Å². The van der Waals surface area contributed by atoms with Crippen molar-refractivity contribution in [3.63, 3.8) is 0 Å². The van der Waals surface area contributed by atoms with Gasteiger partial charge in [0.2, 0.25) is 0 Å². The molecule has 0 unspecified atom stereocenters. The van der Waals surface area contributed by atoms with Gasteiger partial charge in [-0.05, 0) is 60.4 Å². The van der Waals surface area contributed by atoms with E-state index in [4.69, 9.17) is 11.6 Å². The molecular formula is C18H20ClNO3S. The van der Waals surface area contributed by atoms with E-state index in [9.17, 15) is 13.2 Å². The first-order valence-corrected chi connectivity index (χ1v) is 9.83. The minimum absolute atomic E-state index is 0.186. The highest BCUT2D eigenvalue weighted by atomic mass is 35.5. The average Bonchev–Trinajstić information content (AvgIpc) is 2.48. The Morgan fingerprint density at radius 2 is 1.75 bits per heavy atom. The van der Waals surface area contributed by atoms with E-state index in [2.05, 4.69) is 19.2 Å². The van der Waals surface area contributed by atoms with E-state index in [1.54, 1.807) is 12.1 Å². The fourth-order valence-corrected chi connectivity index (χ4v) is 3.17. The highest BCUT2D eigenvalue weighted by Gasteiger charge is 2.12. The van der Waals surface area contributed by atoms with Crippen LogP contribution in [0.2, 0.25) is 5.02 Å². The van der Waals surface area contributed by atoms with Gasteiger partial charge >= 0.3 is 0 Å². The van der Waals surface area contributed by atoms with Gasteiger partial charge in [-0.1, -0.05) is 25.4 Å². The SMILES string of the molecule is CC(C)Cc1cc(Cl)ccc1NC(=O)c1ccc(S(C)(=O)=O)cc1. The molecule has 0 saturated carbocycles. The van der Waals surface area contributed by atoms with E-state index >= 15 is 0 Å². The fraction of sp³-hybridized carbons (Fsp3) is 0.278. The van der Waals surface area contributed by atoms with Gasteiger partial charge < -0.3 is 5.32 Å². The van der Waals surface area contributed by atoms with Crippen molar-refractivity contribution in [3.05, 3.63) is 58.6 Å². The third kappa shape index (κ3) is 4.82. The monoisotopic (exact) mass is 365 g/mol. The zero-order valence-corrected chi connectivity index (χ0v) is 15.4. The number of benzene rings is 2. The molecule has 0 aliphatic heterocycles. The lowest BCUT2D eigenvalue weighted by molar-refractivity contribution is 0.102. The Labute approximate surface area is 147 Å². The van der Waals surface area contributed by atoms with E-state index in [1.807, 2.05) is 6.07 Å². The van der Waals surface area contributed by atoms with Crippen molar-refractivity contribution >= 4 is 33.0 Å². The van der Waals surface area contributed by atoms with Gasteiger partial charge in [-0.15, -0.1) is 0 Å². The molecule has 2 aromatic carbocycles. The zero-order valence-electron chi connectivity index (χ0n) is 13.8. The number of rotatable bonds is 5. The van der Waals surface area contributed by atoms with Crippen LogP contribution in [0.15, 0.2) is 47.4 Å². The number of hydrogen-bond donors (Lipinski definition) is 1. The molecule has 0 atom stereocenters. The smallest absolute Gasteiger partial charge is 0.255 e. The lowest BCUT2D eigenvalue weighted by Crippen LogP contribution is -2.14. The Kier molecular flexibility index (Phi) is 5.67. The second-order valence-corrected chi connectivity index (χ2v) is 8.60. The Hall–Kier alpha value is -1.85. The van der Waals surface area contributed by atoms with Crippen LogP contribution in [0.4, 0.5) is 5.69 Å². The summed E-state index contributed by atoms with van der Waals surface area (Å²) in [7, 11) is -3.28. The summed E-state index contributed by atoms with van der Waals surface area (Å²) >= 11 is 6.04. The van der Waals surface area contributed by atoms with Crippen molar-refractivity contribution in [3.8, 4) is 0 Å². The van der Waals surface area contributed by atoms with Gasteiger partial charge in [-0.2, -0.15) is 0 Å². The van der Waals surface area contributed by atoms with E-state index in [0.717, 1.165) is 18.2 Å². The molecule has 4 nitrogen and oxygen atoms in total. The molecule has 2 aromatic rings. The second kappa shape index (κ2) is 7.36. The first-order chi connectivity index (χ1) is 11.2. The molecule has 0 saturated heterocycles. The Morgan fingerprint density at radius 3 is 2.29 bits per heavy atom. The summed E-state index contributed by atoms with van der Waals surface area (Å²) in [5.74, 6) is 0.135. The summed E-state index contributed by atoms with van der Waals surface area (Å²) in [6.07, 6.45) is 1.93. The maximum absolute atomic E-state index is 12.4. The highest BCUT2D eigenvalue weighted by Crippen LogP contribution is 2.24. The van der Waals surface area contributed by atoms with Crippen LogP contribution in [0.25, 0.3) is 0 Å². The molecule has 0 radical (unpaired) electrons. The summed E-state index contributed by atoms with van der Waals surface area (Å²) in [6, 6.07) is 11.2. The third-order valence-electron chi connectivity index (χ3n) is 3.49. The summed E-state index contributed by atoms with van der Waals surface area (Å²) in [6.45, 7) is 4.19. The lowest BCUT2D eigenvalue weighted by atomic mass is 10.0. The molecule has 0 aromatic heterocycles. The van der Waals surface area contributed by atoms with Gasteiger partial charge in [0.1, 0.15) is 0 Å². The Balaban J connectivity index is 2.23. The van der Waals surface area contributed by atoms with E-state index in [-0.39, 0.29) is 10.8 Å². The van der Waals surface area contributed by atoms with Gasteiger partial charge in [0.25, 0.3) is 5.91 Å². The zero-order chi connectivity index (χ0) is 17.9. The number of amides is 1. The molecule has 0 aliphatic rings. The predicted molar refractivity (Wildman–Crippen MR) is 97.5 cm³/mol. The van der Waals surface area contributed by atoms with E-state index in [1.165, 1.54) is 24.3 Å². The second-order valence-electron chi connectivity index (χ2n) is 6.15. The summed E-state index contributed by atoms with van der Waals surface area (Å²) in [5, 5.41) is 3.50. The number of halogens is 1. The van der Waals surface area contributed by atoms with Gasteiger partial charge in [0, 0.05) is 22.5 Å². The van der Waals surface area contributed by atoms with E-state index in [0.29, 0.717) is 22.2 Å². The third-order valence-corrected chi connectivity index (χ3v) is 4.85. The fourth-order valence-electron chi connectivity index (χ4n) is 2.34. The topological polar surface area (TPSA) is 63.2 Å². The molecule has 24 heavy (non-hydrogen) atoms. The average molecular weight is 366 g/mol. The molecule has 0 bridgehead atoms.